The highest BCUT2D eigenvalue weighted by atomic mass is 16.6. The molecule has 1 atom stereocenters. The molecule has 0 bridgehead atoms. The number of likely N-dealkylation sites (tertiary alicyclic amines) is 1. The zero-order valence-electron chi connectivity index (χ0n) is 18.5. The maximum atomic E-state index is 13.2. The Morgan fingerprint density at radius 2 is 1.70 bits per heavy atom. The number of amides is 3. The van der Waals surface area contributed by atoms with E-state index in [9.17, 15) is 14.4 Å². The topological polar surface area (TPSA) is 70.2 Å². The normalized spacial score (nSPS) is 20.1. The van der Waals surface area contributed by atoms with Crippen molar-refractivity contribution in [2.45, 2.75) is 70.9 Å². The fraction of sp³-hybridized carbons (Fsp3) is 0.609. The van der Waals surface area contributed by atoms with Gasteiger partial charge < -0.3 is 14.5 Å². The molecule has 0 aromatic heterocycles. The van der Waals surface area contributed by atoms with E-state index in [2.05, 4.69) is 0 Å². The lowest BCUT2D eigenvalue weighted by molar-refractivity contribution is -0.124. The van der Waals surface area contributed by atoms with E-state index < -0.39 is 17.7 Å². The minimum atomic E-state index is -0.601. The Morgan fingerprint density at radius 1 is 1.03 bits per heavy atom. The van der Waals surface area contributed by atoms with Crippen molar-refractivity contribution in [3.05, 3.63) is 24.3 Å². The summed E-state index contributed by atoms with van der Waals surface area (Å²) in [4.78, 5) is 43.0. The Kier molecular flexibility index (Phi) is 6.68. The highest BCUT2D eigenvalue weighted by molar-refractivity contribution is 5.99. The van der Waals surface area contributed by atoms with E-state index in [-0.39, 0.29) is 11.8 Å². The molecule has 2 heterocycles. The average Bonchev–Trinajstić information content (AvgIpc) is 2.72. The first-order valence-electron chi connectivity index (χ1n) is 10.8. The Labute approximate surface area is 179 Å². The molecule has 7 nitrogen and oxygen atoms in total. The highest BCUT2D eigenvalue weighted by Gasteiger charge is 2.36. The third kappa shape index (κ3) is 5.12. The third-order valence-electron chi connectivity index (χ3n) is 5.62. The van der Waals surface area contributed by atoms with Crippen molar-refractivity contribution in [2.75, 3.05) is 29.9 Å². The number of hydrogen-bond donors (Lipinski definition) is 0. The highest BCUT2D eigenvalue weighted by Crippen LogP contribution is 2.27. The number of anilines is 2. The number of benzene rings is 1. The molecule has 0 N–H and O–H groups in total. The van der Waals surface area contributed by atoms with Crippen LogP contribution in [0.3, 0.4) is 0 Å². The van der Waals surface area contributed by atoms with E-state index in [1.54, 1.807) is 21.7 Å². The molecule has 2 aliphatic rings. The molecule has 1 aromatic carbocycles. The Bertz CT molecular complexity index is 785. The quantitative estimate of drug-likeness (QED) is 0.749. The standard InChI is InChI=1S/C23H33N3O4/c1-23(2,3)30-22(29)26-16-7-5-9-19(26)21(28)24(4)17-11-13-18(14-12-17)25-15-8-6-10-20(25)27/h11-14,19H,5-10,15-16H2,1-4H3/t19-/m0/s1. The number of ether oxygens (including phenoxy) is 1. The lowest BCUT2D eigenvalue weighted by Crippen LogP contribution is -2.53. The van der Waals surface area contributed by atoms with Gasteiger partial charge in [0.2, 0.25) is 11.8 Å². The van der Waals surface area contributed by atoms with Crippen LogP contribution in [0.1, 0.15) is 59.3 Å². The maximum absolute atomic E-state index is 13.2. The largest absolute Gasteiger partial charge is 0.444 e. The number of hydrogen-bond acceptors (Lipinski definition) is 4. The smallest absolute Gasteiger partial charge is 0.410 e. The minimum absolute atomic E-state index is 0.123. The Balaban J connectivity index is 1.71. The molecule has 2 aliphatic heterocycles. The molecule has 1 aromatic rings. The van der Waals surface area contributed by atoms with Gasteiger partial charge in [0.15, 0.2) is 0 Å². The van der Waals surface area contributed by atoms with Crippen LogP contribution in [-0.4, -0.2) is 54.6 Å². The van der Waals surface area contributed by atoms with E-state index in [0.29, 0.717) is 19.4 Å². The first-order chi connectivity index (χ1) is 14.2. The predicted molar refractivity (Wildman–Crippen MR) is 117 cm³/mol. The van der Waals surface area contributed by atoms with E-state index in [1.807, 2.05) is 45.0 Å². The molecule has 2 fully saturated rings. The van der Waals surface area contributed by atoms with E-state index in [1.165, 1.54) is 0 Å². The van der Waals surface area contributed by atoms with Crippen molar-refractivity contribution in [1.29, 1.82) is 0 Å². The van der Waals surface area contributed by atoms with Gasteiger partial charge in [0.1, 0.15) is 11.6 Å². The Hall–Kier alpha value is -2.57. The summed E-state index contributed by atoms with van der Waals surface area (Å²) in [6.45, 7) is 6.74. The van der Waals surface area contributed by atoms with E-state index >= 15 is 0 Å². The fourth-order valence-corrected chi connectivity index (χ4v) is 4.01. The van der Waals surface area contributed by atoms with Crippen LogP contribution in [0.15, 0.2) is 24.3 Å². The second-order valence-electron chi connectivity index (χ2n) is 9.10. The molecule has 3 amide bonds. The van der Waals surface area contributed by atoms with Gasteiger partial charge >= 0.3 is 6.09 Å². The second kappa shape index (κ2) is 9.06. The summed E-state index contributed by atoms with van der Waals surface area (Å²) in [6.07, 6.45) is 4.50. The SMILES string of the molecule is CN(C(=O)[C@@H]1CCCCN1C(=O)OC(C)(C)C)c1ccc(N2CCCCC2=O)cc1. The number of carbonyl (C=O) groups excluding carboxylic acids is 3. The van der Waals surface area contributed by atoms with Crippen molar-refractivity contribution >= 4 is 29.3 Å². The molecule has 30 heavy (non-hydrogen) atoms. The molecule has 0 spiro atoms. The van der Waals surface area contributed by atoms with Crippen LogP contribution in [0.5, 0.6) is 0 Å². The van der Waals surface area contributed by atoms with Gasteiger partial charge in [-0.15, -0.1) is 0 Å². The van der Waals surface area contributed by atoms with Crippen molar-refractivity contribution in [1.82, 2.24) is 4.90 Å². The molecule has 0 saturated carbocycles. The maximum Gasteiger partial charge on any atom is 0.410 e. The zero-order chi connectivity index (χ0) is 21.9. The first-order valence-corrected chi connectivity index (χ1v) is 10.8. The van der Waals surface area contributed by atoms with Crippen molar-refractivity contribution in [3.8, 4) is 0 Å². The summed E-state index contributed by atoms with van der Waals surface area (Å²) in [7, 11) is 1.73. The lowest BCUT2D eigenvalue weighted by Gasteiger charge is -2.37. The number of likely N-dealkylation sites (N-methyl/N-ethyl adjacent to an activating group) is 1. The Morgan fingerprint density at radius 3 is 2.33 bits per heavy atom. The van der Waals surface area contributed by atoms with Crippen molar-refractivity contribution in [2.24, 2.45) is 0 Å². The van der Waals surface area contributed by atoms with Gasteiger partial charge in [-0.2, -0.15) is 0 Å². The van der Waals surface area contributed by atoms with Gasteiger partial charge in [-0.05, 0) is 77.1 Å². The van der Waals surface area contributed by atoms with Gasteiger partial charge in [0.05, 0.1) is 0 Å². The zero-order valence-corrected chi connectivity index (χ0v) is 18.5. The predicted octanol–water partition coefficient (Wildman–Crippen LogP) is 3.96. The molecule has 0 aliphatic carbocycles. The van der Waals surface area contributed by atoms with Crippen LogP contribution >= 0.6 is 0 Å². The average molecular weight is 416 g/mol. The molecular weight excluding hydrogens is 382 g/mol. The van der Waals surface area contributed by atoms with Gasteiger partial charge in [-0.3, -0.25) is 14.5 Å². The first kappa shape index (κ1) is 22.1. The number of nitrogens with zero attached hydrogens (tertiary/aromatic N) is 3. The van der Waals surface area contributed by atoms with E-state index in [4.69, 9.17) is 4.74 Å². The summed E-state index contributed by atoms with van der Waals surface area (Å²) in [5, 5.41) is 0. The molecule has 3 rings (SSSR count). The summed E-state index contributed by atoms with van der Waals surface area (Å²) in [5.41, 5.74) is 0.996. The van der Waals surface area contributed by atoms with Crippen LogP contribution in [-0.2, 0) is 14.3 Å². The summed E-state index contributed by atoms with van der Waals surface area (Å²) >= 11 is 0. The van der Waals surface area contributed by atoms with Crippen LogP contribution in [0.2, 0.25) is 0 Å². The van der Waals surface area contributed by atoms with Crippen LogP contribution < -0.4 is 9.80 Å². The van der Waals surface area contributed by atoms with Gasteiger partial charge in [0, 0.05) is 37.9 Å². The van der Waals surface area contributed by atoms with Gasteiger partial charge in [0.25, 0.3) is 0 Å². The minimum Gasteiger partial charge on any atom is -0.444 e. The summed E-state index contributed by atoms with van der Waals surface area (Å²) in [5.74, 6) is 0.0241. The second-order valence-corrected chi connectivity index (χ2v) is 9.10. The van der Waals surface area contributed by atoms with Crippen LogP contribution in [0, 0.1) is 0 Å². The molecule has 0 unspecified atom stereocenters. The number of rotatable bonds is 3. The molecule has 7 heteroatoms. The molecular formula is C23H33N3O4. The fourth-order valence-electron chi connectivity index (χ4n) is 4.01. The molecule has 0 radical (unpaired) electrons. The van der Waals surface area contributed by atoms with Gasteiger partial charge in [-0.1, -0.05) is 0 Å². The van der Waals surface area contributed by atoms with Crippen molar-refractivity contribution in [3.63, 3.8) is 0 Å². The monoisotopic (exact) mass is 415 g/mol. The van der Waals surface area contributed by atoms with Crippen LogP contribution in [0.4, 0.5) is 16.2 Å². The van der Waals surface area contributed by atoms with Gasteiger partial charge in [-0.25, -0.2) is 4.79 Å². The summed E-state index contributed by atoms with van der Waals surface area (Å²) in [6, 6.07) is 6.96. The van der Waals surface area contributed by atoms with Crippen LogP contribution in [0.25, 0.3) is 0 Å². The lowest BCUT2D eigenvalue weighted by atomic mass is 10.0. The van der Waals surface area contributed by atoms with Crippen molar-refractivity contribution < 1.29 is 19.1 Å². The number of carbonyl (C=O) groups is 3. The molecule has 2 saturated heterocycles. The summed E-state index contributed by atoms with van der Waals surface area (Å²) < 4.78 is 5.51. The number of piperidine rings is 2. The molecule has 164 valence electrons. The van der Waals surface area contributed by atoms with E-state index in [0.717, 1.165) is 43.6 Å². The third-order valence-corrected chi connectivity index (χ3v) is 5.62.